The number of benzene rings is 2. The first kappa shape index (κ1) is 21.8. The van der Waals surface area contributed by atoms with Gasteiger partial charge in [-0.05, 0) is 55.5 Å². The number of hydrogen-bond donors (Lipinski definition) is 2. The van der Waals surface area contributed by atoms with Crippen molar-refractivity contribution in [1.82, 2.24) is 20.1 Å². The van der Waals surface area contributed by atoms with Crippen molar-refractivity contribution < 1.29 is 18.1 Å². The molecule has 0 unspecified atom stereocenters. The zero-order valence-corrected chi connectivity index (χ0v) is 18.6. The summed E-state index contributed by atoms with van der Waals surface area (Å²) in [5.41, 5.74) is 2.84. The minimum absolute atomic E-state index is 0.0288. The number of carbonyl (C=O) groups is 1. The molecule has 0 saturated carbocycles. The second-order valence-corrected chi connectivity index (χ2v) is 8.43. The van der Waals surface area contributed by atoms with E-state index in [9.17, 15) is 13.6 Å². The molecule has 3 heterocycles. The topological polar surface area (TPSA) is 96.7 Å². The molecular weight excluding hydrogens is 460 g/mol. The summed E-state index contributed by atoms with van der Waals surface area (Å²) >= 11 is 1.38. The van der Waals surface area contributed by atoms with Crippen molar-refractivity contribution in [1.29, 1.82) is 0 Å². The van der Waals surface area contributed by atoms with E-state index in [0.29, 0.717) is 38.8 Å². The Labute approximate surface area is 196 Å². The molecule has 2 N–H and O–H groups in total. The van der Waals surface area contributed by atoms with Gasteiger partial charge in [0.15, 0.2) is 0 Å². The van der Waals surface area contributed by atoms with E-state index in [1.807, 2.05) is 13.0 Å². The largest absolute Gasteiger partial charge is 0.361 e. The molecular formula is C24H17F2N5O2S. The van der Waals surface area contributed by atoms with Gasteiger partial charge in [-0.3, -0.25) is 4.79 Å². The monoisotopic (exact) mass is 477 g/mol. The Morgan fingerprint density at radius 1 is 1.15 bits per heavy atom. The van der Waals surface area contributed by atoms with Crippen LogP contribution in [0.2, 0.25) is 0 Å². The maximum Gasteiger partial charge on any atom is 0.258 e. The van der Waals surface area contributed by atoms with E-state index in [1.54, 1.807) is 36.5 Å². The number of halogens is 2. The van der Waals surface area contributed by atoms with Crippen molar-refractivity contribution in [3.63, 3.8) is 0 Å². The fourth-order valence-electron chi connectivity index (χ4n) is 3.40. The number of aromatic amines is 1. The van der Waals surface area contributed by atoms with Crippen molar-refractivity contribution in [3.8, 4) is 11.4 Å². The van der Waals surface area contributed by atoms with E-state index in [-0.39, 0.29) is 17.3 Å². The third-order valence-electron chi connectivity index (χ3n) is 4.97. The molecule has 170 valence electrons. The fourth-order valence-corrected chi connectivity index (χ4v) is 4.27. The lowest BCUT2D eigenvalue weighted by Crippen LogP contribution is -2.13. The molecule has 7 nitrogen and oxygen atoms in total. The molecule has 0 aliphatic heterocycles. The summed E-state index contributed by atoms with van der Waals surface area (Å²) in [5, 5.41) is 7.37. The van der Waals surface area contributed by atoms with Gasteiger partial charge < -0.3 is 14.8 Å². The summed E-state index contributed by atoms with van der Waals surface area (Å²) in [4.78, 5) is 24.6. The van der Waals surface area contributed by atoms with Gasteiger partial charge in [0.2, 0.25) is 0 Å². The maximum absolute atomic E-state index is 14.1. The van der Waals surface area contributed by atoms with Gasteiger partial charge >= 0.3 is 0 Å². The highest BCUT2D eigenvalue weighted by Crippen LogP contribution is 2.27. The quantitative estimate of drug-likeness (QED) is 0.303. The summed E-state index contributed by atoms with van der Waals surface area (Å²) in [7, 11) is 0. The van der Waals surface area contributed by atoms with Crippen LogP contribution in [0.4, 0.5) is 14.5 Å². The molecule has 34 heavy (non-hydrogen) atoms. The lowest BCUT2D eigenvalue weighted by molar-refractivity contribution is 0.102. The van der Waals surface area contributed by atoms with Gasteiger partial charge in [0.05, 0.1) is 27.9 Å². The SMILES string of the molecule is Cc1cc(CSc2ncccc2C(=O)Nc2ccc3nc(-c4cc(F)ccc4F)[nH]c3c2)no1. The van der Waals surface area contributed by atoms with E-state index in [0.717, 1.165) is 23.9 Å². The van der Waals surface area contributed by atoms with Crippen LogP contribution in [0.5, 0.6) is 0 Å². The fraction of sp³-hybridized carbons (Fsp3) is 0.0833. The summed E-state index contributed by atoms with van der Waals surface area (Å²) in [5.74, 6) is -0.0578. The van der Waals surface area contributed by atoms with Crippen molar-refractivity contribution in [2.75, 3.05) is 5.32 Å². The molecule has 0 aliphatic rings. The van der Waals surface area contributed by atoms with E-state index in [1.165, 1.54) is 11.8 Å². The first-order valence-corrected chi connectivity index (χ1v) is 11.2. The Hall–Kier alpha value is -4.05. The number of carbonyl (C=O) groups excluding carboxylic acids is 1. The first-order chi connectivity index (χ1) is 16.5. The van der Waals surface area contributed by atoms with Crippen LogP contribution in [0.25, 0.3) is 22.4 Å². The molecule has 0 fully saturated rings. The number of imidazole rings is 1. The van der Waals surface area contributed by atoms with Gasteiger partial charge in [0.25, 0.3) is 5.91 Å². The van der Waals surface area contributed by atoms with E-state index < -0.39 is 11.6 Å². The van der Waals surface area contributed by atoms with Gasteiger partial charge in [-0.15, -0.1) is 0 Å². The van der Waals surface area contributed by atoms with Gasteiger partial charge in [-0.25, -0.2) is 18.7 Å². The molecule has 0 atom stereocenters. The summed E-state index contributed by atoms with van der Waals surface area (Å²) in [6.45, 7) is 1.81. The second-order valence-electron chi connectivity index (χ2n) is 7.47. The number of amides is 1. The zero-order chi connectivity index (χ0) is 23.7. The molecule has 5 aromatic rings. The van der Waals surface area contributed by atoms with Crippen LogP contribution in [0.1, 0.15) is 21.8 Å². The Morgan fingerprint density at radius 2 is 2.03 bits per heavy atom. The van der Waals surface area contributed by atoms with Crippen molar-refractivity contribution in [2.24, 2.45) is 0 Å². The number of fused-ring (bicyclic) bond motifs is 1. The summed E-state index contributed by atoms with van der Waals surface area (Å²) in [6, 6.07) is 13.5. The number of aryl methyl sites for hydroxylation is 1. The molecule has 0 bridgehead atoms. The highest BCUT2D eigenvalue weighted by atomic mass is 32.2. The maximum atomic E-state index is 14.1. The third-order valence-corrected chi connectivity index (χ3v) is 6.01. The third kappa shape index (κ3) is 4.53. The number of anilines is 1. The minimum Gasteiger partial charge on any atom is -0.361 e. The number of thioether (sulfide) groups is 1. The van der Waals surface area contributed by atoms with Crippen LogP contribution in [-0.2, 0) is 5.75 Å². The molecule has 5 rings (SSSR count). The van der Waals surface area contributed by atoms with E-state index in [2.05, 4.69) is 25.4 Å². The standard InChI is InChI=1S/C24H17F2N5O2S/c1-13-9-16(31-33-13)12-34-24-17(3-2-8-27-24)23(32)28-15-5-7-20-21(11-15)30-22(29-20)18-10-14(25)4-6-19(18)26/h2-11H,12H2,1H3,(H,28,32)(H,29,30). The van der Waals surface area contributed by atoms with E-state index >= 15 is 0 Å². The number of H-pyrrole nitrogens is 1. The highest BCUT2D eigenvalue weighted by Gasteiger charge is 2.16. The predicted octanol–water partition coefficient (Wildman–Crippen LogP) is 5.74. The molecule has 2 aromatic carbocycles. The lowest BCUT2D eigenvalue weighted by atomic mass is 10.2. The smallest absolute Gasteiger partial charge is 0.258 e. The van der Waals surface area contributed by atoms with Gasteiger partial charge in [-0.1, -0.05) is 16.9 Å². The van der Waals surface area contributed by atoms with Crippen LogP contribution < -0.4 is 5.32 Å². The van der Waals surface area contributed by atoms with Gasteiger partial charge in [-0.2, -0.15) is 0 Å². The van der Waals surface area contributed by atoms with Gasteiger partial charge in [0, 0.05) is 23.7 Å². The predicted molar refractivity (Wildman–Crippen MR) is 124 cm³/mol. The lowest BCUT2D eigenvalue weighted by Gasteiger charge is -2.08. The highest BCUT2D eigenvalue weighted by molar-refractivity contribution is 7.98. The molecule has 10 heteroatoms. The number of pyridine rings is 1. The summed E-state index contributed by atoms with van der Waals surface area (Å²) in [6.07, 6.45) is 1.62. The van der Waals surface area contributed by atoms with Crippen LogP contribution in [0.15, 0.2) is 70.3 Å². The number of aromatic nitrogens is 4. The molecule has 0 saturated heterocycles. The first-order valence-electron chi connectivity index (χ1n) is 10.2. The molecule has 1 amide bonds. The average molecular weight is 477 g/mol. The Kier molecular flexibility index (Phi) is 5.81. The molecule has 3 aromatic heterocycles. The average Bonchev–Trinajstić information content (AvgIpc) is 3.45. The van der Waals surface area contributed by atoms with Crippen LogP contribution >= 0.6 is 11.8 Å². The number of nitrogens with zero attached hydrogens (tertiary/aromatic N) is 3. The molecule has 0 aliphatic carbocycles. The number of hydrogen-bond acceptors (Lipinski definition) is 6. The number of nitrogens with one attached hydrogen (secondary N) is 2. The van der Waals surface area contributed by atoms with Crippen molar-refractivity contribution in [2.45, 2.75) is 17.7 Å². The second kappa shape index (κ2) is 9.06. The summed E-state index contributed by atoms with van der Waals surface area (Å²) < 4.78 is 32.8. The van der Waals surface area contributed by atoms with E-state index in [4.69, 9.17) is 4.52 Å². The number of rotatable bonds is 6. The van der Waals surface area contributed by atoms with Crippen molar-refractivity contribution >= 4 is 34.4 Å². The van der Waals surface area contributed by atoms with Crippen molar-refractivity contribution in [3.05, 3.63) is 89.4 Å². The Balaban J connectivity index is 1.36. The Morgan fingerprint density at radius 3 is 2.85 bits per heavy atom. The van der Waals surface area contributed by atoms with Gasteiger partial charge in [0.1, 0.15) is 28.2 Å². The Bertz CT molecular complexity index is 1510. The minimum atomic E-state index is -0.587. The van der Waals surface area contributed by atoms with Crippen LogP contribution in [0.3, 0.4) is 0 Å². The molecule has 0 spiro atoms. The van der Waals surface area contributed by atoms with Crippen LogP contribution in [-0.4, -0.2) is 26.0 Å². The zero-order valence-electron chi connectivity index (χ0n) is 17.8. The molecule has 0 radical (unpaired) electrons. The normalized spacial score (nSPS) is 11.1. The van der Waals surface area contributed by atoms with Crippen LogP contribution in [0, 0.1) is 18.6 Å².